The van der Waals surface area contributed by atoms with Crippen molar-refractivity contribution in [1.29, 1.82) is 0 Å². The lowest BCUT2D eigenvalue weighted by molar-refractivity contribution is 0.225. The molecule has 1 aliphatic heterocycles. The average Bonchev–Trinajstić information content (AvgIpc) is 2.86. The van der Waals surface area contributed by atoms with Crippen molar-refractivity contribution in [2.75, 3.05) is 31.1 Å². The number of aryl methyl sites for hydroxylation is 1. The highest BCUT2D eigenvalue weighted by Crippen LogP contribution is 2.26. The lowest BCUT2D eigenvalue weighted by Gasteiger charge is -2.35. The standard InChI is InChI=1S/C14H17ClN4O/c1-11-16-17-14(20-11)10-18-6-8-19(9-7-18)13-5-3-2-4-12(13)15/h2-5H,6-10H2,1H3. The molecule has 0 radical (unpaired) electrons. The fraction of sp³-hybridized carbons (Fsp3) is 0.429. The minimum absolute atomic E-state index is 0.620. The molecular weight excluding hydrogens is 276 g/mol. The number of hydrogen-bond acceptors (Lipinski definition) is 5. The lowest BCUT2D eigenvalue weighted by Crippen LogP contribution is -2.46. The largest absolute Gasteiger partial charge is 0.424 e. The molecule has 0 saturated carbocycles. The van der Waals surface area contributed by atoms with Gasteiger partial charge in [-0.1, -0.05) is 23.7 Å². The van der Waals surface area contributed by atoms with E-state index < -0.39 is 0 Å². The Hall–Kier alpha value is -1.59. The summed E-state index contributed by atoms with van der Waals surface area (Å²) in [5.41, 5.74) is 1.11. The molecule has 0 N–H and O–H groups in total. The number of halogens is 1. The number of anilines is 1. The van der Waals surface area contributed by atoms with Gasteiger partial charge in [-0.3, -0.25) is 4.90 Å². The van der Waals surface area contributed by atoms with Crippen LogP contribution in [0.3, 0.4) is 0 Å². The van der Waals surface area contributed by atoms with Gasteiger partial charge in [-0.15, -0.1) is 10.2 Å². The third-order valence-electron chi connectivity index (χ3n) is 3.49. The van der Waals surface area contributed by atoms with Crippen LogP contribution in [-0.4, -0.2) is 41.3 Å². The molecule has 106 valence electrons. The molecule has 1 aromatic carbocycles. The van der Waals surface area contributed by atoms with E-state index in [-0.39, 0.29) is 0 Å². The van der Waals surface area contributed by atoms with Crippen LogP contribution < -0.4 is 4.90 Å². The van der Waals surface area contributed by atoms with Gasteiger partial charge in [-0.05, 0) is 12.1 Å². The molecule has 0 amide bonds. The molecule has 1 aliphatic rings. The summed E-state index contributed by atoms with van der Waals surface area (Å²) in [5, 5.41) is 8.71. The molecule has 20 heavy (non-hydrogen) atoms. The molecule has 1 fully saturated rings. The van der Waals surface area contributed by atoms with Gasteiger partial charge in [0.1, 0.15) is 0 Å². The van der Waals surface area contributed by atoms with Crippen LogP contribution in [0.5, 0.6) is 0 Å². The van der Waals surface area contributed by atoms with Gasteiger partial charge >= 0.3 is 0 Å². The number of piperazine rings is 1. The van der Waals surface area contributed by atoms with E-state index in [2.05, 4.69) is 26.1 Å². The monoisotopic (exact) mass is 292 g/mol. The Bertz CT molecular complexity index is 578. The SMILES string of the molecule is Cc1nnc(CN2CCN(c3ccccc3Cl)CC2)o1. The Balaban J connectivity index is 1.58. The van der Waals surface area contributed by atoms with E-state index in [1.807, 2.05) is 25.1 Å². The Morgan fingerprint density at radius 3 is 2.55 bits per heavy atom. The van der Waals surface area contributed by atoms with Crippen molar-refractivity contribution in [3.63, 3.8) is 0 Å². The zero-order chi connectivity index (χ0) is 13.9. The second-order valence-corrected chi connectivity index (χ2v) is 5.34. The highest BCUT2D eigenvalue weighted by atomic mass is 35.5. The molecule has 0 atom stereocenters. The third-order valence-corrected chi connectivity index (χ3v) is 3.81. The van der Waals surface area contributed by atoms with Crippen molar-refractivity contribution in [3.05, 3.63) is 41.1 Å². The molecular formula is C14H17ClN4O. The molecule has 1 aromatic heterocycles. The van der Waals surface area contributed by atoms with Crippen LogP contribution in [0.4, 0.5) is 5.69 Å². The van der Waals surface area contributed by atoms with Crippen LogP contribution >= 0.6 is 11.6 Å². The van der Waals surface area contributed by atoms with E-state index in [9.17, 15) is 0 Å². The summed E-state index contributed by atoms with van der Waals surface area (Å²) in [6, 6.07) is 7.98. The Kier molecular flexibility index (Phi) is 3.89. The van der Waals surface area contributed by atoms with Gasteiger partial charge in [-0.25, -0.2) is 0 Å². The molecule has 2 aromatic rings. The molecule has 0 aliphatic carbocycles. The summed E-state index contributed by atoms with van der Waals surface area (Å²) in [6.45, 7) is 6.37. The van der Waals surface area contributed by atoms with Gasteiger partial charge in [0, 0.05) is 33.1 Å². The molecule has 1 saturated heterocycles. The molecule has 5 nitrogen and oxygen atoms in total. The van der Waals surface area contributed by atoms with E-state index in [1.165, 1.54) is 0 Å². The highest BCUT2D eigenvalue weighted by molar-refractivity contribution is 6.33. The first-order valence-corrected chi connectivity index (χ1v) is 7.11. The van der Waals surface area contributed by atoms with Gasteiger partial charge in [-0.2, -0.15) is 0 Å². The first kappa shape index (κ1) is 13.4. The van der Waals surface area contributed by atoms with Crippen molar-refractivity contribution in [1.82, 2.24) is 15.1 Å². The van der Waals surface area contributed by atoms with Gasteiger partial charge in [0.25, 0.3) is 0 Å². The number of nitrogens with zero attached hydrogens (tertiary/aromatic N) is 4. The maximum atomic E-state index is 6.24. The molecule has 0 bridgehead atoms. The van der Waals surface area contributed by atoms with E-state index in [0.717, 1.165) is 43.4 Å². The molecule has 3 rings (SSSR count). The second-order valence-electron chi connectivity index (χ2n) is 4.93. The topological polar surface area (TPSA) is 45.4 Å². The normalized spacial score (nSPS) is 16.6. The average molecular weight is 293 g/mol. The molecule has 0 unspecified atom stereocenters. The van der Waals surface area contributed by atoms with Crippen molar-refractivity contribution < 1.29 is 4.42 Å². The summed E-state index contributed by atoms with van der Waals surface area (Å²) in [4.78, 5) is 4.64. The summed E-state index contributed by atoms with van der Waals surface area (Å²) >= 11 is 6.24. The Morgan fingerprint density at radius 1 is 1.15 bits per heavy atom. The predicted molar refractivity (Wildman–Crippen MR) is 78.0 cm³/mol. The van der Waals surface area contributed by atoms with Crippen LogP contribution in [0.1, 0.15) is 11.8 Å². The molecule has 6 heteroatoms. The maximum Gasteiger partial charge on any atom is 0.230 e. The Morgan fingerprint density at radius 2 is 1.90 bits per heavy atom. The quantitative estimate of drug-likeness (QED) is 0.869. The summed E-state index contributed by atoms with van der Waals surface area (Å²) < 4.78 is 5.42. The van der Waals surface area contributed by atoms with Gasteiger partial charge in [0.15, 0.2) is 0 Å². The number of aromatic nitrogens is 2. The number of rotatable bonds is 3. The van der Waals surface area contributed by atoms with E-state index in [4.69, 9.17) is 16.0 Å². The van der Waals surface area contributed by atoms with E-state index in [0.29, 0.717) is 11.8 Å². The van der Waals surface area contributed by atoms with Crippen molar-refractivity contribution in [2.24, 2.45) is 0 Å². The fourth-order valence-corrected chi connectivity index (χ4v) is 2.70. The van der Waals surface area contributed by atoms with Crippen molar-refractivity contribution >= 4 is 17.3 Å². The lowest BCUT2D eigenvalue weighted by atomic mass is 10.2. The fourth-order valence-electron chi connectivity index (χ4n) is 2.45. The minimum atomic E-state index is 0.620. The van der Waals surface area contributed by atoms with Gasteiger partial charge in [0.05, 0.1) is 17.3 Å². The van der Waals surface area contributed by atoms with Crippen LogP contribution in [0.15, 0.2) is 28.7 Å². The van der Waals surface area contributed by atoms with Crippen molar-refractivity contribution in [3.8, 4) is 0 Å². The van der Waals surface area contributed by atoms with E-state index >= 15 is 0 Å². The van der Waals surface area contributed by atoms with Gasteiger partial charge < -0.3 is 9.32 Å². The van der Waals surface area contributed by atoms with E-state index in [1.54, 1.807) is 0 Å². The van der Waals surface area contributed by atoms with Crippen molar-refractivity contribution in [2.45, 2.75) is 13.5 Å². The first-order valence-electron chi connectivity index (χ1n) is 6.73. The summed E-state index contributed by atoms with van der Waals surface area (Å²) in [5.74, 6) is 1.31. The number of para-hydroxylation sites is 1. The zero-order valence-electron chi connectivity index (χ0n) is 11.4. The summed E-state index contributed by atoms with van der Waals surface area (Å²) in [7, 11) is 0. The van der Waals surface area contributed by atoms with Gasteiger partial charge in [0.2, 0.25) is 11.8 Å². The maximum absolute atomic E-state index is 6.24. The third kappa shape index (κ3) is 2.94. The van der Waals surface area contributed by atoms with Crippen LogP contribution in [-0.2, 0) is 6.54 Å². The van der Waals surface area contributed by atoms with Crippen LogP contribution in [0, 0.1) is 6.92 Å². The second kappa shape index (κ2) is 5.81. The summed E-state index contributed by atoms with van der Waals surface area (Å²) in [6.07, 6.45) is 0. The molecule has 0 spiro atoms. The first-order chi connectivity index (χ1) is 9.72. The van der Waals surface area contributed by atoms with Crippen LogP contribution in [0.25, 0.3) is 0 Å². The smallest absolute Gasteiger partial charge is 0.230 e. The Labute approximate surface area is 123 Å². The minimum Gasteiger partial charge on any atom is -0.424 e. The number of benzene rings is 1. The highest BCUT2D eigenvalue weighted by Gasteiger charge is 2.20. The predicted octanol–water partition coefficient (Wildman–Crippen LogP) is 2.35. The molecule has 2 heterocycles. The van der Waals surface area contributed by atoms with Crippen LogP contribution in [0.2, 0.25) is 5.02 Å². The zero-order valence-corrected chi connectivity index (χ0v) is 12.2. The number of hydrogen-bond donors (Lipinski definition) is 0.